The number of hydrogen-bond donors (Lipinski definition) is 4. The molecule has 4 amide bonds. The zero-order valence-electron chi connectivity index (χ0n) is 35.1. The Morgan fingerprint density at radius 3 is 2.48 bits per heavy atom. The highest BCUT2D eigenvalue weighted by atomic mass is 32.1. The Labute approximate surface area is 361 Å². The zero-order valence-corrected chi connectivity index (χ0v) is 35.9. The lowest BCUT2D eigenvalue weighted by Gasteiger charge is -2.31. The molecule has 1 saturated carbocycles. The van der Waals surface area contributed by atoms with E-state index in [0.29, 0.717) is 38.0 Å². The van der Waals surface area contributed by atoms with Crippen molar-refractivity contribution in [2.45, 2.75) is 69.5 Å². The Morgan fingerprint density at radius 1 is 1.00 bits per heavy atom. The third-order valence-corrected chi connectivity index (χ3v) is 11.8. The van der Waals surface area contributed by atoms with E-state index in [9.17, 15) is 28.8 Å². The second-order valence-electron chi connectivity index (χ2n) is 15.9. The van der Waals surface area contributed by atoms with E-state index in [4.69, 9.17) is 14.5 Å². The molecule has 3 aromatic rings. The van der Waals surface area contributed by atoms with Gasteiger partial charge in [0.1, 0.15) is 17.7 Å². The lowest BCUT2D eigenvalue weighted by molar-refractivity contribution is -0.129. The fourth-order valence-electron chi connectivity index (χ4n) is 7.93. The van der Waals surface area contributed by atoms with Crippen LogP contribution in [0.5, 0.6) is 5.75 Å². The maximum Gasteiger partial charge on any atom is 0.265 e. The van der Waals surface area contributed by atoms with Gasteiger partial charge in [0.05, 0.1) is 30.4 Å². The van der Waals surface area contributed by atoms with Gasteiger partial charge in [-0.15, -0.1) is 0 Å². The van der Waals surface area contributed by atoms with Crippen molar-refractivity contribution in [3.8, 4) is 5.75 Å². The Bertz CT molecular complexity index is 2060. The minimum absolute atomic E-state index is 0.00169. The molecular formula is C42H58N10O8S. The van der Waals surface area contributed by atoms with Crippen LogP contribution < -0.4 is 26.2 Å². The molecule has 1 aromatic carbocycles. The summed E-state index contributed by atoms with van der Waals surface area (Å²) in [6, 6.07) is 7.57. The zero-order chi connectivity index (χ0) is 43.3. The third-order valence-electron chi connectivity index (χ3n) is 11.4. The Kier molecular flexibility index (Phi) is 16.6. The summed E-state index contributed by atoms with van der Waals surface area (Å²) >= 11 is 4.33. The number of aromatic nitrogens is 3. The fraction of sp³-hybridized carbons (Fsp3) is 0.571. The summed E-state index contributed by atoms with van der Waals surface area (Å²) in [5, 5.41) is 10.4. The van der Waals surface area contributed by atoms with Gasteiger partial charge < -0.3 is 35.1 Å². The highest BCUT2D eigenvalue weighted by Crippen LogP contribution is 2.33. The highest BCUT2D eigenvalue weighted by molar-refractivity contribution is 7.77. The first-order chi connectivity index (χ1) is 29.5. The Balaban J connectivity index is 0.000000228. The highest BCUT2D eigenvalue weighted by Gasteiger charge is 2.42. The second-order valence-corrected chi connectivity index (χ2v) is 16.4. The number of pyridine rings is 1. The molecule has 0 radical (unpaired) electrons. The first-order valence-electron chi connectivity index (χ1n) is 21.2. The molecule has 19 heteroatoms. The van der Waals surface area contributed by atoms with Crippen LogP contribution in [-0.4, -0.2) is 162 Å². The normalized spacial score (nSPS) is 18.0. The number of anilines is 1. The Morgan fingerprint density at radius 2 is 1.75 bits per heavy atom. The number of thiol groups is 1. The molecule has 7 rings (SSSR count). The molecular weight excluding hydrogens is 805 g/mol. The minimum Gasteiger partial charge on any atom is -0.483 e. The van der Waals surface area contributed by atoms with Crippen molar-refractivity contribution in [1.82, 2.24) is 44.2 Å². The number of piperazine rings is 1. The van der Waals surface area contributed by atoms with Crippen LogP contribution in [0.25, 0.3) is 11.0 Å². The predicted octanol–water partition coefficient (Wildman–Crippen LogP) is 1.76. The van der Waals surface area contributed by atoms with Gasteiger partial charge in [-0.3, -0.25) is 42.6 Å². The number of imide groups is 1. The molecule has 3 aliphatic heterocycles. The second kappa shape index (κ2) is 22.2. The average Bonchev–Trinajstić information content (AvgIpc) is 3.89. The molecule has 1 atom stereocenters. The van der Waals surface area contributed by atoms with E-state index in [1.807, 2.05) is 21.1 Å². The number of fused-ring (bicyclic) bond motifs is 2. The molecule has 3 N–H and O–H groups in total. The van der Waals surface area contributed by atoms with Crippen LogP contribution >= 0.6 is 12.8 Å². The van der Waals surface area contributed by atoms with Gasteiger partial charge in [0.2, 0.25) is 11.9 Å². The smallest absolute Gasteiger partial charge is 0.265 e. The van der Waals surface area contributed by atoms with E-state index in [1.54, 1.807) is 20.2 Å². The van der Waals surface area contributed by atoms with E-state index in [1.165, 1.54) is 35.9 Å². The lowest BCUT2D eigenvalue weighted by atomic mass is 10.1. The number of hydrogen-bond acceptors (Lipinski definition) is 15. The van der Waals surface area contributed by atoms with E-state index in [2.05, 4.69) is 38.6 Å². The first-order valence-corrected chi connectivity index (χ1v) is 21.6. The average molecular weight is 863 g/mol. The van der Waals surface area contributed by atoms with Gasteiger partial charge in [0, 0.05) is 89.5 Å². The molecule has 3 fully saturated rings. The van der Waals surface area contributed by atoms with Crippen LogP contribution in [0.15, 0.2) is 41.3 Å². The summed E-state index contributed by atoms with van der Waals surface area (Å²) in [4.78, 5) is 87.9. The van der Waals surface area contributed by atoms with Gasteiger partial charge in [-0.2, -0.15) is 4.98 Å². The van der Waals surface area contributed by atoms with Crippen molar-refractivity contribution in [3.05, 3.63) is 58.0 Å². The third kappa shape index (κ3) is 12.1. The topological polar surface area (TPSA) is 201 Å². The van der Waals surface area contributed by atoms with Crippen molar-refractivity contribution in [2.75, 3.05) is 91.6 Å². The molecule has 1 unspecified atom stereocenters. The fourth-order valence-corrected chi connectivity index (χ4v) is 8.11. The number of nitrogens with one attached hydrogen (secondary N) is 3. The summed E-state index contributed by atoms with van der Waals surface area (Å²) in [7, 11) is 3.17. The molecule has 330 valence electrons. The monoisotopic (exact) mass is 862 g/mol. The van der Waals surface area contributed by atoms with E-state index in [0.717, 1.165) is 87.4 Å². The van der Waals surface area contributed by atoms with Gasteiger partial charge in [-0.05, 0) is 63.4 Å². The molecule has 2 saturated heterocycles. The van der Waals surface area contributed by atoms with E-state index >= 15 is 0 Å². The molecule has 18 nitrogen and oxygen atoms in total. The van der Waals surface area contributed by atoms with Gasteiger partial charge in [-0.25, -0.2) is 4.98 Å². The largest absolute Gasteiger partial charge is 0.483 e. The summed E-state index contributed by atoms with van der Waals surface area (Å²) in [6.07, 6.45) is 9.01. The van der Waals surface area contributed by atoms with Gasteiger partial charge >= 0.3 is 0 Å². The summed E-state index contributed by atoms with van der Waals surface area (Å²) in [5.41, 5.74) is 0.910. The number of nitrogens with zero attached hydrogens (tertiary/aromatic N) is 7. The SMILES string of the molecule is CN(C)C(=O)CCC(C=O)N1C(=O)c2cccc(OCC(=O)NCCOCCN3CCN(S)CC3)c2C1=O.O=c1ccc2cnc(NC3CCNCC3)nc2n1C1CCCC1. The first kappa shape index (κ1) is 45.6. The molecule has 61 heavy (non-hydrogen) atoms. The van der Waals surface area contributed by atoms with Crippen LogP contribution in [0, 0.1) is 0 Å². The lowest BCUT2D eigenvalue weighted by Crippen LogP contribution is -2.43. The van der Waals surface area contributed by atoms with Crippen LogP contribution in [0.1, 0.15) is 78.1 Å². The van der Waals surface area contributed by atoms with Crippen molar-refractivity contribution >= 4 is 59.7 Å². The quantitative estimate of drug-likeness (QED) is 0.0663. The summed E-state index contributed by atoms with van der Waals surface area (Å²) in [6.45, 7) is 7.45. The molecule has 0 spiro atoms. The number of amides is 4. The van der Waals surface area contributed by atoms with E-state index in [-0.39, 0.29) is 53.8 Å². The number of benzene rings is 1. The number of carbonyl (C=O) groups is 5. The van der Waals surface area contributed by atoms with Crippen LogP contribution in [0.3, 0.4) is 0 Å². The van der Waals surface area contributed by atoms with Crippen molar-refractivity contribution in [2.24, 2.45) is 0 Å². The predicted molar refractivity (Wildman–Crippen MR) is 232 cm³/mol. The molecule has 1 aliphatic carbocycles. The number of aldehydes is 1. The van der Waals surface area contributed by atoms with Crippen LogP contribution in [0.4, 0.5) is 5.95 Å². The number of piperidine rings is 1. The van der Waals surface area contributed by atoms with Crippen molar-refractivity contribution < 1.29 is 33.4 Å². The summed E-state index contributed by atoms with van der Waals surface area (Å²) < 4.78 is 15.0. The Hall–Kier alpha value is -4.95. The molecule has 4 aliphatic rings. The van der Waals surface area contributed by atoms with Crippen molar-refractivity contribution in [3.63, 3.8) is 0 Å². The van der Waals surface area contributed by atoms with Crippen molar-refractivity contribution in [1.29, 1.82) is 0 Å². The standard InChI is InChI=1S/C25H35N5O7S.C17H23N5O/c1-27(2)22(33)7-6-18(16-31)30-24(34)19-4-3-5-20(23(19)25(30)35)37-17-21(32)26-8-14-36-15-13-28-9-11-29(38)12-10-28;23-15-6-5-12-11-19-17(20-13-7-9-18-10-8-13)21-16(12)22(15)14-3-1-2-4-14/h3-5,16,18,38H,6-15,17H2,1-2H3,(H,26,32);5-6,11,13-14,18H,1-4,7-10H2,(H,19,20,21). The van der Waals surface area contributed by atoms with Crippen LogP contribution in [0.2, 0.25) is 0 Å². The number of rotatable bonds is 17. The number of carbonyl (C=O) groups excluding carboxylic acids is 5. The maximum absolute atomic E-state index is 13.1. The summed E-state index contributed by atoms with van der Waals surface area (Å²) in [5.74, 6) is -1.25. The van der Waals surface area contributed by atoms with Gasteiger partial charge in [-0.1, -0.05) is 31.7 Å². The molecule has 5 heterocycles. The van der Waals surface area contributed by atoms with Gasteiger partial charge in [0.25, 0.3) is 23.3 Å². The van der Waals surface area contributed by atoms with Crippen LogP contribution in [-0.2, 0) is 19.1 Å². The van der Waals surface area contributed by atoms with E-state index < -0.39 is 23.8 Å². The number of ether oxygens (including phenoxy) is 2. The molecule has 2 aromatic heterocycles. The van der Waals surface area contributed by atoms with Gasteiger partial charge in [0.15, 0.2) is 6.61 Å². The molecule has 0 bridgehead atoms. The maximum atomic E-state index is 13.1. The minimum atomic E-state index is -1.09.